The molecule has 0 aliphatic carbocycles. The van der Waals surface area contributed by atoms with E-state index in [-0.39, 0.29) is 5.16 Å². The van der Waals surface area contributed by atoms with E-state index in [9.17, 15) is 0 Å². The molecule has 1 heterocycles. The van der Waals surface area contributed by atoms with Crippen molar-refractivity contribution in [1.29, 1.82) is 0 Å². The van der Waals surface area contributed by atoms with Crippen molar-refractivity contribution < 1.29 is 4.74 Å². The molecule has 0 radical (unpaired) electrons. The van der Waals surface area contributed by atoms with Crippen LogP contribution in [-0.2, 0) is 5.16 Å². The number of aromatic nitrogens is 2. The van der Waals surface area contributed by atoms with Gasteiger partial charge in [-0.25, -0.2) is 4.98 Å². The monoisotopic (exact) mass is 604 g/mol. The highest BCUT2D eigenvalue weighted by atomic mass is 28.2. The van der Waals surface area contributed by atoms with Gasteiger partial charge in [-0.2, -0.15) is 0 Å². The fourth-order valence-electron chi connectivity index (χ4n) is 5.74. The lowest BCUT2D eigenvalue weighted by atomic mass is 9.92. The van der Waals surface area contributed by atoms with Crippen LogP contribution in [0.15, 0.2) is 170 Å². The number of imidazole rings is 1. The molecule has 224 valence electrons. The molecular weight excluding hydrogens is 563 g/mol. The number of hydrogen-bond acceptors (Lipinski definition) is 2. The summed E-state index contributed by atoms with van der Waals surface area (Å²) in [6, 6.07) is 51.3. The van der Waals surface area contributed by atoms with Gasteiger partial charge in [0.1, 0.15) is 13.6 Å². The highest BCUT2D eigenvalue weighted by molar-refractivity contribution is 6.57. The maximum absolute atomic E-state index is 5.87. The second-order valence-corrected chi connectivity index (χ2v) is 13.2. The standard InChI is InChI=1S/C26H28N2OSi.C14H13B/c1-2-3-20-29-24-14-16-25(17-15-24)30-26(28-19-18-27-21-28,22-10-6-4-7-11-22)23-12-8-5-9-13-23;15-11-14(12-7-3-1-4-8-12)13-9-5-2-6-10-13/h4-19,21H,2-3,20,30H2,1H3;1-11H,15H2. The summed E-state index contributed by atoms with van der Waals surface area (Å²) in [7, 11) is 1.24. The van der Waals surface area contributed by atoms with E-state index in [4.69, 9.17) is 4.74 Å². The van der Waals surface area contributed by atoms with E-state index < -0.39 is 9.52 Å². The number of hydrogen-bond donors (Lipinski definition) is 0. The average molecular weight is 605 g/mol. The summed E-state index contributed by atoms with van der Waals surface area (Å²) in [4.78, 5) is 4.40. The number of unbranched alkanes of at least 4 members (excludes halogenated alkanes) is 1. The van der Waals surface area contributed by atoms with Crippen molar-refractivity contribution >= 4 is 28.1 Å². The third kappa shape index (κ3) is 8.00. The lowest BCUT2D eigenvalue weighted by Gasteiger charge is -2.37. The van der Waals surface area contributed by atoms with E-state index in [2.05, 4.69) is 170 Å². The van der Waals surface area contributed by atoms with Crippen LogP contribution < -0.4 is 9.92 Å². The molecule has 45 heavy (non-hydrogen) atoms. The zero-order valence-electron chi connectivity index (χ0n) is 26.3. The first-order valence-electron chi connectivity index (χ1n) is 15.8. The topological polar surface area (TPSA) is 27.1 Å². The molecule has 0 bridgehead atoms. The van der Waals surface area contributed by atoms with Crippen molar-refractivity contribution in [3.05, 3.63) is 193 Å². The van der Waals surface area contributed by atoms with Gasteiger partial charge in [0.25, 0.3) is 0 Å². The predicted octanol–water partition coefficient (Wildman–Crippen LogP) is 7.01. The molecule has 5 heteroatoms. The third-order valence-electron chi connectivity index (χ3n) is 8.06. The maximum Gasteiger partial charge on any atom is 0.130 e. The van der Waals surface area contributed by atoms with Crippen LogP contribution in [0, 0.1) is 0 Å². The Morgan fingerprint density at radius 3 is 1.69 bits per heavy atom. The second-order valence-electron chi connectivity index (χ2n) is 11.0. The Balaban J connectivity index is 0.000000223. The molecule has 0 N–H and O–H groups in total. The number of ether oxygens (including phenoxy) is 1. The molecule has 0 amide bonds. The fourth-order valence-corrected chi connectivity index (χ4v) is 8.05. The van der Waals surface area contributed by atoms with Crippen LogP contribution in [0.1, 0.15) is 42.0 Å². The van der Waals surface area contributed by atoms with Crippen LogP contribution >= 0.6 is 0 Å². The van der Waals surface area contributed by atoms with Crippen LogP contribution in [0.3, 0.4) is 0 Å². The van der Waals surface area contributed by atoms with Gasteiger partial charge in [-0.05, 0) is 46.4 Å². The summed E-state index contributed by atoms with van der Waals surface area (Å²) < 4.78 is 8.16. The zero-order chi connectivity index (χ0) is 31.2. The van der Waals surface area contributed by atoms with Gasteiger partial charge in [-0.3, -0.25) is 0 Å². The first-order valence-corrected chi connectivity index (χ1v) is 17.2. The summed E-state index contributed by atoms with van der Waals surface area (Å²) in [6.07, 6.45) is 8.15. The fraction of sp³-hybridized carbons (Fsp3) is 0.125. The summed E-state index contributed by atoms with van der Waals surface area (Å²) in [5.74, 6) is 3.11. The van der Waals surface area contributed by atoms with E-state index in [0.717, 1.165) is 25.2 Å². The van der Waals surface area contributed by atoms with E-state index in [1.54, 1.807) is 0 Å². The SMILES string of the molecule is BC=C(c1ccccc1)c1ccccc1.CCCCOc1ccc([SiH2]C(c2ccccc2)(c2ccccc2)n2ccnc2)cc1. The molecule has 6 aromatic rings. The molecular formula is C40H41BN2OSi. The molecule has 3 nitrogen and oxygen atoms in total. The third-order valence-corrected chi connectivity index (χ3v) is 10.6. The molecule has 0 aliphatic heterocycles. The first kappa shape index (κ1) is 31.6. The Bertz CT molecular complexity index is 1630. The zero-order valence-corrected chi connectivity index (χ0v) is 27.7. The van der Waals surface area contributed by atoms with Gasteiger partial charge in [-0.1, -0.05) is 152 Å². The molecule has 0 spiro atoms. The Morgan fingerprint density at radius 1 is 0.733 bits per heavy atom. The molecule has 0 unspecified atom stereocenters. The van der Waals surface area contributed by atoms with Crippen LogP contribution in [0.4, 0.5) is 0 Å². The van der Waals surface area contributed by atoms with Crippen molar-refractivity contribution in [1.82, 2.24) is 9.55 Å². The van der Waals surface area contributed by atoms with Crippen LogP contribution in [-0.4, -0.2) is 33.5 Å². The Kier molecular flexibility index (Phi) is 11.4. The lowest BCUT2D eigenvalue weighted by Crippen LogP contribution is -2.46. The highest BCUT2D eigenvalue weighted by Crippen LogP contribution is 2.33. The molecule has 0 atom stereocenters. The second kappa shape index (κ2) is 16.3. The maximum atomic E-state index is 5.87. The van der Waals surface area contributed by atoms with Crippen LogP contribution in [0.25, 0.3) is 5.57 Å². The molecule has 0 aliphatic rings. The average Bonchev–Trinajstić information content (AvgIpc) is 3.66. The van der Waals surface area contributed by atoms with Crippen molar-refractivity contribution in [2.24, 2.45) is 0 Å². The summed E-state index contributed by atoms with van der Waals surface area (Å²) in [6.45, 7) is 2.96. The van der Waals surface area contributed by atoms with Crippen LogP contribution in [0.2, 0.25) is 0 Å². The van der Waals surface area contributed by atoms with Gasteiger partial charge in [0.15, 0.2) is 0 Å². The van der Waals surface area contributed by atoms with E-state index in [0.29, 0.717) is 0 Å². The number of benzene rings is 5. The number of nitrogens with zero attached hydrogens (tertiary/aromatic N) is 2. The van der Waals surface area contributed by atoms with E-state index >= 15 is 0 Å². The Hall–Kier alpha value is -4.87. The predicted molar refractivity (Wildman–Crippen MR) is 195 cm³/mol. The lowest BCUT2D eigenvalue weighted by molar-refractivity contribution is 0.309. The van der Waals surface area contributed by atoms with E-state index in [1.807, 2.05) is 24.7 Å². The molecule has 0 saturated heterocycles. The van der Waals surface area contributed by atoms with Crippen LogP contribution in [0.5, 0.6) is 5.75 Å². The van der Waals surface area contributed by atoms with Crippen molar-refractivity contribution in [3.8, 4) is 5.75 Å². The minimum absolute atomic E-state index is 0.246. The Morgan fingerprint density at radius 2 is 1.24 bits per heavy atom. The minimum Gasteiger partial charge on any atom is -0.494 e. The van der Waals surface area contributed by atoms with Gasteiger partial charge in [0.2, 0.25) is 0 Å². The van der Waals surface area contributed by atoms with Crippen molar-refractivity contribution in [3.63, 3.8) is 0 Å². The highest BCUT2D eigenvalue weighted by Gasteiger charge is 2.36. The Labute approximate surface area is 271 Å². The van der Waals surface area contributed by atoms with Crippen molar-refractivity contribution in [2.75, 3.05) is 6.61 Å². The van der Waals surface area contributed by atoms with E-state index in [1.165, 1.54) is 33.0 Å². The van der Waals surface area contributed by atoms with Gasteiger partial charge in [0, 0.05) is 12.4 Å². The summed E-state index contributed by atoms with van der Waals surface area (Å²) in [5.41, 5.74) is 6.42. The van der Waals surface area contributed by atoms with Gasteiger partial charge >= 0.3 is 0 Å². The minimum atomic E-state index is -0.842. The molecule has 1 aromatic heterocycles. The summed E-state index contributed by atoms with van der Waals surface area (Å²) >= 11 is 0. The quantitative estimate of drug-likeness (QED) is 0.118. The van der Waals surface area contributed by atoms with Gasteiger partial charge < -0.3 is 9.30 Å². The van der Waals surface area contributed by atoms with Gasteiger partial charge in [0.05, 0.1) is 27.6 Å². The molecule has 0 saturated carbocycles. The summed E-state index contributed by atoms with van der Waals surface area (Å²) in [5, 5.41) is 1.14. The normalized spacial score (nSPS) is 11.0. The van der Waals surface area contributed by atoms with Gasteiger partial charge in [-0.15, -0.1) is 5.98 Å². The smallest absolute Gasteiger partial charge is 0.130 e. The molecule has 6 rings (SSSR count). The molecule has 0 fully saturated rings. The largest absolute Gasteiger partial charge is 0.494 e. The van der Waals surface area contributed by atoms with Crippen molar-refractivity contribution in [2.45, 2.75) is 24.9 Å². The molecule has 5 aromatic carbocycles. The number of rotatable bonds is 11. The first-order chi connectivity index (χ1) is 22.2.